The molecule has 1 aromatic carbocycles. The van der Waals surface area contributed by atoms with Gasteiger partial charge >= 0.3 is 0 Å². The lowest BCUT2D eigenvalue weighted by atomic mass is 10.0. The molecule has 1 atom stereocenters. The number of aryl methyl sites for hydroxylation is 1. The van der Waals surface area contributed by atoms with Gasteiger partial charge in [-0.2, -0.15) is 0 Å². The summed E-state index contributed by atoms with van der Waals surface area (Å²) in [6, 6.07) is 7.48. The number of fused-ring (bicyclic) bond motifs is 2. The van der Waals surface area contributed by atoms with Crippen LogP contribution in [0.3, 0.4) is 0 Å². The Hall–Kier alpha value is -2.60. The predicted molar refractivity (Wildman–Crippen MR) is 85.8 cm³/mol. The van der Waals surface area contributed by atoms with E-state index in [0.29, 0.717) is 6.54 Å². The number of aromatic nitrogens is 2. The normalized spacial score (nSPS) is 17.2. The van der Waals surface area contributed by atoms with Gasteiger partial charge in [-0.25, -0.2) is 4.98 Å². The zero-order valence-electron chi connectivity index (χ0n) is 12.8. The first-order valence-electron chi connectivity index (χ1n) is 7.74. The Bertz CT molecular complexity index is 864. The summed E-state index contributed by atoms with van der Waals surface area (Å²) in [4.78, 5) is 19.8. The maximum Gasteiger partial charge on any atom is 0.243 e. The lowest BCUT2D eigenvalue weighted by Crippen LogP contribution is -2.41. The van der Waals surface area contributed by atoms with Gasteiger partial charge in [-0.1, -0.05) is 18.2 Å². The number of benzene rings is 1. The molecule has 3 N–H and O–H groups in total. The number of nitrogens with one attached hydrogen (secondary N) is 3. The quantitative estimate of drug-likeness (QED) is 0.690. The SMILES string of the molecule is Cc1c(CNC(=O)[C@H]2NCCc3[nH]cnc32)oc2ccccc12. The summed E-state index contributed by atoms with van der Waals surface area (Å²) in [5.41, 5.74) is 3.73. The topological polar surface area (TPSA) is 83.0 Å². The monoisotopic (exact) mass is 310 g/mol. The maximum atomic E-state index is 12.5. The van der Waals surface area contributed by atoms with Crippen molar-refractivity contribution in [3.05, 3.63) is 53.3 Å². The molecule has 23 heavy (non-hydrogen) atoms. The van der Waals surface area contributed by atoms with Gasteiger partial charge in [-0.3, -0.25) is 4.79 Å². The van der Waals surface area contributed by atoms with E-state index < -0.39 is 6.04 Å². The first-order valence-corrected chi connectivity index (χ1v) is 7.74. The number of para-hydroxylation sites is 1. The van der Waals surface area contributed by atoms with Crippen LogP contribution in [0.5, 0.6) is 0 Å². The van der Waals surface area contributed by atoms with Crippen LogP contribution in [0.25, 0.3) is 11.0 Å². The molecule has 1 aliphatic rings. The molecule has 4 rings (SSSR count). The van der Waals surface area contributed by atoms with Crippen LogP contribution in [0.15, 0.2) is 35.0 Å². The molecule has 0 spiro atoms. The predicted octanol–water partition coefficient (Wildman–Crippen LogP) is 1.97. The highest BCUT2D eigenvalue weighted by Crippen LogP contribution is 2.25. The Balaban J connectivity index is 1.51. The average molecular weight is 310 g/mol. The smallest absolute Gasteiger partial charge is 0.243 e. The van der Waals surface area contributed by atoms with Gasteiger partial charge in [0.25, 0.3) is 0 Å². The molecule has 1 amide bonds. The van der Waals surface area contributed by atoms with Crippen molar-refractivity contribution in [2.24, 2.45) is 0 Å². The third-order valence-corrected chi connectivity index (χ3v) is 4.38. The minimum atomic E-state index is -0.408. The van der Waals surface area contributed by atoms with Crippen molar-refractivity contribution in [2.75, 3.05) is 6.54 Å². The van der Waals surface area contributed by atoms with Crippen molar-refractivity contribution in [2.45, 2.75) is 25.9 Å². The van der Waals surface area contributed by atoms with Crippen molar-refractivity contribution in [1.29, 1.82) is 0 Å². The molecule has 2 aromatic heterocycles. The summed E-state index contributed by atoms with van der Waals surface area (Å²) >= 11 is 0. The Labute approximate surface area is 133 Å². The summed E-state index contributed by atoms with van der Waals surface area (Å²) in [5.74, 6) is 0.704. The number of imidazole rings is 1. The van der Waals surface area contributed by atoms with E-state index in [1.807, 2.05) is 31.2 Å². The molecular weight excluding hydrogens is 292 g/mol. The summed E-state index contributed by atoms with van der Waals surface area (Å²) in [7, 11) is 0. The van der Waals surface area contributed by atoms with Crippen molar-refractivity contribution < 1.29 is 9.21 Å². The fourth-order valence-corrected chi connectivity index (χ4v) is 3.10. The first kappa shape index (κ1) is 14.0. The van der Waals surface area contributed by atoms with Gasteiger partial charge in [0.05, 0.1) is 18.6 Å². The Morgan fingerprint density at radius 1 is 1.43 bits per heavy atom. The number of carbonyl (C=O) groups excluding carboxylic acids is 1. The van der Waals surface area contributed by atoms with Crippen molar-refractivity contribution in [3.63, 3.8) is 0 Å². The van der Waals surface area contributed by atoms with Crippen LogP contribution in [0.4, 0.5) is 0 Å². The number of hydrogen-bond donors (Lipinski definition) is 3. The highest BCUT2D eigenvalue weighted by atomic mass is 16.3. The van der Waals surface area contributed by atoms with Crippen molar-refractivity contribution >= 4 is 16.9 Å². The van der Waals surface area contributed by atoms with Gasteiger partial charge in [-0.05, 0) is 13.0 Å². The fraction of sp³-hybridized carbons (Fsp3) is 0.294. The zero-order valence-corrected chi connectivity index (χ0v) is 12.8. The summed E-state index contributed by atoms with van der Waals surface area (Å²) in [6.45, 7) is 3.15. The highest BCUT2D eigenvalue weighted by molar-refractivity contribution is 5.84. The molecule has 0 saturated heterocycles. The number of nitrogens with zero attached hydrogens (tertiary/aromatic N) is 1. The van der Waals surface area contributed by atoms with Gasteiger partial charge in [0.15, 0.2) is 0 Å². The zero-order chi connectivity index (χ0) is 15.8. The van der Waals surface area contributed by atoms with E-state index in [-0.39, 0.29) is 5.91 Å². The Morgan fingerprint density at radius 2 is 2.30 bits per heavy atom. The third-order valence-electron chi connectivity index (χ3n) is 4.38. The van der Waals surface area contributed by atoms with E-state index in [1.54, 1.807) is 6.33 Å². The number of rotatable bonds is 3. The minimum absolute atomic E-state index is 0.0853. The van der Waals surface area contributed by atoms with E-state index >= 15 is 0 Å². The molecular formula is C17H18N4O2. The summed E-state index contributed by atoms with van der Waals surface area (Å²) in [5, 5.41) is 7.25. The van der Waals surface area contributed by atoms with Gasteiger partial charge in [0.1, 0.15) is 17.4 Å². The highest BCUT2D eigenvalue weighted by Gasteiger charge is 2.28. The van der Waals surface area contributed by atoms with Gasteiger partial charge in [-0.15, -0.1) is 0 Å². The van der Waals surface area contributed by atoms with Crippen LogP contribution >= 0.6 is 0 Å². The van der Waals surface area contributed by atoms with Crippen LogP contribution in [-0.2, 0) is 17.8 Å². The Morgan fingerprint density at radius 3 is 3.17 bits per heavy atom. The van der Waals surface area contributed by atoms with Crippen LogP contribution in [0, 0.1) is 6.92 Å². The molecule has 1 aliphatic heterocycles. The number of furan rings is 1. The molecule has 6 nitrogen and oxygen atoms in total. The van der Waals surface area contributed by atoms with Gasteiger partial charge in [0.2, 0.25) is 5.91 Å². The van der Waals surface area contributed by atoms with Crippen LogP contribution in [-0.4, -0.2) is 22.4 Å². The molecule has 0 bridgehead atoms. The number of carbonyl (C=O) groups is 1. The summed E-state index contributed by atoms with van der Waals surface area (Å²) < 4.78 is 5.83. The Kier molecular flexibility index (Phi) is 3.38. The molecule has 0 radical (unpaired) electrons. The second kappa shape index (κ2) is 5.55. The van der Waals surface area contributed by atoms with Crippen molar-refractivity contribution in [3.8, 4) is 0 Å². The summed E-state index contributed by atoms with van der Waals surface area (Å²) in [6.07, 6.45) is 2.50. The minimum Gasteiger partial charge on any atom is -0.459 e. The van der Waals surface area contributed by atoms with Crippen LogP contribution in [0.1, 0.15) is 28.8 Å². The number of aromatic amines is 1. The van der Waals surface area contributed by atoms with Gasteiger partial charge < -0.3 is 20.0 Å². The molecule has 6 heteroatoms. The van der Waals surface area contributed by atoms with Crippen LogP contribution < -0.4 is 10.6 Å². The lowest BCUT2D eigenvalue weighted by Gasteiger charge is -2.22. The molecule has 3 aromatic rings. The number of hydrogen-bond acceptors (Lipinski definition) is 4. The fourth-order valence-electron chi connectivity index (χ4n) is 3.10. The second-order valence-electron chi connectivity index (χ2n) is 5.77. The lowest BCUT2D eigenvalue weighted by molar-refractivity contribution is -0.123. The molecule has 3 heterocycles. The molecule has 0 saturated carbocycles. The van der Waals surface area contributed by atoms with E-state index in [9.17, 15) is 4.79 Å². The largest absolute Gasteiger partial charge is 0.459 e. The maximum absolute atomic E-state index is 12.5. The number of H-pyrrole nitrogens is 1. The number of amides is 1. The van der Waals surface area contributed by atoms with E-state index in [2.05, 4.69) is 20.6 Å². The molecule has 0 fully saturated rings. The van der Waals surface area contributed by atoms with E-state index in [0.717, 1.165) is 46.6 Å². The van der Waals surface area contributed by atoms with E-state index in [4.69, 9.17) is 4.42 Å². The first-order chi connectivity index (χ1) is 11.2. The van der Waals surface area contributed by atoms with Crippen molar-refractivity contribution in [1.82, 2.24) is 20.6 Å². The molecule has 118 valence electrons. The average Bonchev–Trinajstić information content (AvgIpc) is 3.17. The van der Waals surface area contributed by atoms with E-state index in [1.165, 1.54) is 0 Å². The standard InChI is InChI=1S/C17H18N4O2/c1-10-11-4-2-3-5-13(11)23-14(10)8-19-17(22)16-15-12(6-7-18-16)20-9-21-15/h2-5,9,16,18H,6-8H2,1H3,(H,19,22)(H,20,21)/t16-/m0/s1. The second-order valence-corrected chi connectivity index (χ2v) is 5.77. The third kappa shape index (κ3) is 2.41. The van der Waals surface area contributed by atoms with Crippen LogP contribution in [0.2, 0.25) is 0 Å². The molecule has 0 aliphatic carbocycles. The van der Waals surface area contributed by atoms with Gasteiger partial charge in [0, 0.05) is 29.6 Å². The molecule has 0 unspecified atom stereocenters.